The van der Waals surface area contributed by atoms with Crippen LogP contribution in [0, 0.1) is 5.92 Å². The van der Waals surface area contributed by atoms with Gasteiger partial charge >= 0.3 is 0 Å². The van der Waals surface area contributed by atoms with Crippen LogP contribution >= 0.6 is 23.2 Å². The summed E-state index contributed by atoms with van der Waals surface area (Å²) in [5.74, 6) is 0.131. The number of carbonyl (C=O) groups excluding carboxylic acids is 1. The molecule has 1 aliphatic heterocycles. The van der Waals surface area contributed by atoms with Gasteiger partial charge in [-0.05, 0) is 49.6 Å². The lowest BCUT2D eigenvalue weighted by Crippen LogP contribution is -2.42. The molecule has 2 aromatic rings. The van der Waals surface area contributed by atoms with Crippen molar-refractivity contribution in [2.75, 3.05) is 19.7 Å². The first kappa shape index (κ1) is 22.9. The minimum Gasteiger partial charge on any atom is -0.492 e. The van der Waals surface area contributed by atoms with Gasteiger partial charge in [0.1, 0.15) is 5.75 Å². The monoisotopic (exact) mass is 470 g/mol. The van der Waals surface area contributed by atoms with Crippen molar-refractivity contribution < 1.29 is 17.9 Å². The van der Waals surface area contributed by atoms with Gasteiger partial charge in [0.2, 0.25) is 15.9 Å². The van der Waals surface area contributed by atoms with E-state index in [1.807, 2.05) is 25.1 Å². The summed E-state index contributed by atoms with van der Waals surface area (Å²) in [7, 11) is -3.68. The Labute approximate surface area is 187 Å². The number of halogens is 2. The Morgan fingerprint density at radius 2 is 1.83 bits per heavy atom. The zero-order valence-electron chi connectivity index (χ0n) is 16.6. The van der Waals surface area contributed by atoms with Gasteiger partial charge < -0.3 is 10.1 Å². The van der Waals surface area contributed by atoms with E-state index in [1.165, 1.54) is 16.4 Å². The van der Waals surface area contributed by atoms with Crippen LogP contribution in [0.2, 0.25) is 10.0 Å². The van der Waals surface area contributed by atoms with Crippen LogP contribution in [0.15, 0.2) is 47.4 Å². The van der Waals surface area contributed by atoms with E-state index in [0.717, 1.165) is 5.56 Å². The van der Waals surface area contributed by atoms with E-state index in [-0.39, 0.29) is 34.8 Å². The summed E-state index contributed by atoms with van der Waals surface area (Å²) in [4.78, 5) is 12.6. The molecule has 0 saturated carbocycles. The number of hydrogen-bond donors (Lipinski definition) is 1. The molecule has 1 aliphatic rings. The van der Waals surface area contributed by atoms with E-state index in [4.69, 9.17) is 27.9 Å². The van der Waals surface area contributed by atoms with Crippen LogP contribution in [0.1, 0.15) is 25.3 Å². The largest absolute Gasteiger partial charge is 0.492 e. The Morgan fingerprint density at radius 3 is 2.47 bits per heavy atom. The number of amides is 1. The zero-order chi connectivity index (χ0) is 21.7. The maximum atomic E-state index is 12.9. The van der Waals surface area contributed by atoms with E-state index in [0.29, 0.717) is 36.8 Å². The number of benzene rings is 2. The van der Waals surface area contributed by atoms with Crippen molar-refractivity contribution in [2.24, 2.45) is 5.92 Å². The second kappa shape index (κ2) is 10.0. The van der Waals surface area contributed by atoms with E-state index in [1.54, 1.807) is 12.1 Å². The standard InChI is InChI=1S/C21H24Cl2N2O4S/c1-2-29-20-8-7-17(13-19(20)23)30(27,28)25-11-9-15(10-12-25)21(26)24-14-16-5-3-4-6-18(16)22/h3-8,13,15H,2,9-12,14H2,1H3,(H,24,26). The van der Waals surface area contributed by atoms with Gasteiger partial charge in [-0.2, -0.15) is 4.31 Å². The third-order valence-electron chi connectivity index (χ3n) is 5.08. The average molecular weight is 471 g/mol. The summed E-state index contributed by atoms with van der Waals surface area (Å²) >= 11 is 12.3. The molecule has 0 radical (unpaired) electrons. The van der Waals surface area contributed by atoms with Gasteiger partial charge in [-0.25, -0.2) is 8.42 Å². The molecule has 6 nitrogen and oxygen atoms in total. The molecule has 0 unspecified atom stereocenters. The summed E-state index contributed by atoms with van der Waals surface area (Å²) < 4.78 is 32.6. The Hall–Kier alpha value is -1.80. The minimum atomic E-state index is -3.68. The number of carbonyl (C=O) groups is 1. The average Bonchev–Trinajstić information content (AvgIpc) is 2.74. The second-order valence-electron chi connectivity index (χ2n) is 7.01. The molecule has 1 heterocycles. The maximum absolute atomic E-state index is 12.9. The molecule has 0 spiro atoms. The molecule has 0 aliphatic carbocycles. The molecule has 1 saturated heterocycles. The van der Waals surface area contributed by atoms with Gasteiger partial charge in [0.25, 0.3) is 0 Å². The van der Waals surface area contributed by atoms with E-state index in [9.17, 15) is 13.2 Å². The summed E-state index contributed by atoms with van der Waals surface area (Å²) in [6.45, 7) is 3.17. The fraction of sp³-hybridized carbons (Fsp3) is 0.381. The highest BCUT2D eigenvalue weighted by Crippen LogP contribution is 2.30. The third-order valence-corrected chi connectivity index (χ3v) is 7.64. The van der Waals surface area contributed by atoms with Crippen LogP contribution in [0.5, 0.6) is 5.75 Å². The van der Waals surface area contributed by atoms with Crippen molar-refractivity contribution in [3.63, 3.8) is 0 Å². The number of piperidine rings is 1. The third kappa shape index (κ3) is 5.27. The fourth-order valence-corrected chi connectivity index (χ4v) is 5.39. The highest BCUT2D eigenvalue weighted by atomic mass is 35.5. The number of hydrogen-bond acceptors (Lipinski definition) is 4. The molecule has 0 aromatic heterocycles. The first-order valence-corrected chi connectivity index (χ1v) is 12.0. The molecule has 1 fully saturated rings. The summed E-state index contributed by atoms with van der Waals surface area (Å²) in [6.07, 6.45) is 0.913. The highest BCUT2D eigenvalue weighted by Gasteiger charge is 2.32. The van der Waals surface area contributed by atoms with Gasteiger partial charge in [0.05, 0.1) is 16.5 Å². The van der Waals surface area contributed by atoms with Crippen LogP contribution in [0.25, 0.3) is 0 Å². The van der Waals surface area contributed by atoms with Gasteiger partial charge in [-0.15, -0.1) is 0 Å². The quantitative estimate of drug-likeness (QED) is 0.660. The van der Waals surface area contributed by atoms with Crippen LogP contribution in [0.3, 0.4) is 0 Å². The van der Waals surface area contributed by atoms with Crippen LogP contribution in [-0.2, 0) is 21.4 Å². The summed E-state index contributed by atoms with van der Waals surface area (Å²) in [6, 6.07) is 11.8. The number of sulfonamides is 1. The molecule has 2 aromatic carbocycles. The highest BCUT2D eigenvalue weighted by molar-refractivity contribution is 7.89. The maximum Gasteiger partial charge on any atom is 0.243 e. The van der Waals surface area contributed by atoms with E-state index >= 15 is 0 Å². The number of rotatable bonds is 7. The van der Waals surface area contributed by atoms with Crippen molar-refractivity contribution >= 4 is 39.1 Å². The van der Waals surface area contributed by atoms with E-state index in [2.05, 4.69) is 5.32 Å². The first-order valence-electron chi connectivity index (χ1n) is 9.76. The molecule has 9 heteroatoms. The molecule has 30 heavy (non-hydrogen) atoms. The van der Waals surface area contributed by atoms with Gasteiger partial charge in [-0.3, -0.25) is 4.79 Å². The fourth-order valence-electron chi connectivity index (χ4n) is 3.39. The smallest absolute Gasteiger partial charge is 0.243 e. The Morgan fingerprint density at radius 1 is 1.13 bits per heavy atom. The Bertz CT molecular complexity index is 1010. The molecule has 3 rings (SSSR count). The number of ether oxygens (including phenoxy) is 1. The molecular formula is C21H24Cl2N2O4S. The predicted molar refractivity (Wildman–Crippen MR) is 117 cm³/mol. The SMILES string of the molecule is CCOc1ccc(S(=O)(=O)N2CCC(C(=O)NCc3ccccc3Cl)CC2)cc1Cl. The molecular weight excluding hydrogens is 447 g/mol. The Balaban J connectivity index is 1.58. The molecule has 0 atom stereocenters. The van der Waals surface area contributed by atoms with Crippen LogP contribution in [0.4, 0.5) is 0 Å². The summed E-state index contributed by atoms with van der Waals surface area (Å²) in [5, 5.41) is 3.76. The van der Waals surface area contributed by atoms with Gasteiger partial charge in [-0.1, -0.05) is 41.4 Å². The van der Waals surface area contributed by atoms with Gasteiger partial charge in [0, 0.05) is 30.6 Å². The van der Waals surface area contributed by atoms with Crippen LogP contribution < -0.4 is 10.1 Å². The van der Waals surface area contributed by atoms with E-state index < -0.39 is 10.0 Å². The Kier molecular flexibility index (Phi) is 7.63. The van der Waals surface area contributed by atoms with Crippen molar-refractivity contribution in [1.82, 2.24) is 9.62 Å². The lowest BCUT2D eigenvalue weighted by Gasteiger charge is -2.30. The van der Waals surface area contributed by atoms with Crippen molar-refractivity contribution in [3.05, 3.63) is 58.1 Å². The molecule has 1 amide bonds. The summed E-state index contributed by atoms with van der Waals surface area (Å²) in [5.41, 5.74) is 0.847. The molecule has 0 bridgehead atoms. The van der Waals surface area contributed by atoms with Crippen LogP contribution in [-0.4, -0.2) is 38.3 Å². The van der Waals surface area contributed by atoms with Gasteiger partial charge in [0.15, 0.2) is 0 Å². The van der Waals surface area contributed by atoms with Crippen molar-refractivity contribution in [2.45, 2.75) is 31.2 Å². The number of nitrogens with one attached hydrogen (secondary N) is 1. The lowest BCUT2D eigenvalue weighted by atomic mass is 9.97. The minimum absolute atomic E-state index is 0.0870. The second-order valence-corrected chi connectivity index (χ2v) is 9.77. The molecule has 162 valence electrons. The number of nitrogens with zero attached hydrogens (tertiary/aromatic N) is 1. The first-order chi connectivity index (χ1) is 14.3. The topological polar surface area (TPSA) is 75.7 Å². The lowest BCUT2D eigenvalue weighted by molar-refractivity contribution is -0.126. The van der Waals surface area contributed by atoms with Crippen molar-refractivity contribution in [3.8, 4) is 5.75 Å². The zero-order valence-corrected chi connectivity index (χ0v) is 18.9. The predicted octanol–water partition coefficient (Wildman–Crippen LogP) is 4.11. The molecule has 1 N–H and O–H groups in total. The normalized spacial score (nSPS) is 15.7. The van der Waals surface area contributed by atoms with Crippen molar-refractivity contribution in [1.29, 1.82) is 0 Å².